The Kier molecular flexibility index (Phi) is 10.3. The average Bonchev–Trinajstić information content (AvgIpc) is 2.97. The predicted octanol–water partition coefficient (Wildman–Crippen LogP) is 3.67. The number of benzene rings is 3. The average molecular weight is 559 g/mol. The van der Waals surface area contributed by atoms with Gasteiger partial charge in [-0.05, 0) is 48.7 Å². The molecule has 39 heavy (non-hydrogen) atoms. The van der Waals surface area contributed by atoms with Gasteiger partial charge in [-0.15, -0.1) is 0 Å². The van der Waals surface area contributed by atoms with E-state index in [0.717, 1.165) is 15.6 Å². The van der Waals surface area contributed by atoms with E-state index in [9.17, 15) is 13.2 Å². The van der Waals surface area contributed by atoms with Crippen molar-refractivity contribution in [3.63, 3.8) is 0 Å². The summed E-state index contributed by atoms with van der Waals surface area (Å²) in [5.74, 6) is 1.55. The summed E-state index contributed by atoms with van der Waals surface area (Å²) in [4.78, 5) is 13.0. The molecule has 0 radical (unpaired) electrons. The summed E-state index contributed by atoms with van der Waals surface area (Å²) in [6.07, 6.45) is 1.32. The minimum absolute atomic E-state index is 0.0889. The number of carbonyl (C=O) groups excluding carboxylic acids is 1. The van der Waals surface area contributed by atoms with Crippen molar-refractivity contribution in [2.24, 2.45) is 0 Å². The van der Waals surface area contributed by atoms with Crippen LogP contribution in [0.5, 0.6) is 28.7 Å². The normalized spacial score (nSPS) is 10.9. The van der Waals surface area contributed by atoms with Crippen LogP contribution in [0.4, 0.5) is 5.69 Å². The molecule has 1 amide bonds. The highest BCUT2D eigenvalue weighted by atomic mass is 32.2. The van der Waals surface area contributed by atoms with Gasteiger partial charge < -0.3 is 29.0 Å². The Labute approximate surface area is 229 Å². The number of nitrogens with zero attached hydrogens (tertiary/aromatic N) is 1. The summed E-state index contributed by atoms with van der Waals surface area (Å²) >= 11 is 0. The van der Waals surface area contributed by atoms with Crippen LogP contribution in [0, 0.1) is 0 Å². The lowest BCUT2D eigenvalue weighted by atomic mass is 10.1. The van der Waals surface area contributed by atoms with Crippen LogP contribution in [0.2, 0.25) is 0 Å². The van der Waals surface area contributed by atoms with E-state index in [1.807, 2.05) is 24.3 Å². The van der Waals surface area contributed by atoms with E-state index in [4.69, 9.17) is 23.7 Å². The first kappa shape index (κ1) is 29.4. The van der Waals surface area contributed by atoms with Crippen molar-refractivity contribution in [2.75, 3.05) is 52.9 Å². The van der Waals surface area contributed by atoms with E-state index < -0.39 is 22.5 Å². The van der Waals surface area contributed by atoms with Gasteiger partial charge in [-0.25, -0.2) is 8.42 Å². The molecule has 0 saturated carbocycles. The van der Waals surface area contributed by atoms with Gasteiger partial charge in [0, 0.05) is 18.7 Å². The summed E-state index contributed by atoms with van der Waals surface area (Å²) in [5.41, 5.74) is 1.17. The van der Waals surface area contributed by atoms with Crippen LogP contribution in [0.25, 0.3) is 0 Å². The maximum atomic E-state index is 13.9. The van der Waals surface area contributed by atoms with Gasteiger partial charge in [-0.1, -0.05) is 18.2 Å². The van der Waals surface area contributed by atoms with Gasteiger partial charge in [-0.3, -0.25) is 9.10 Å². The molecule has 0 aliphatic carbocycles. The fourth-order valence-corrected chi connectivity index (χ4v) is 5.44. The zero-order valence-electron chi connectivity index (χ0n) is 22.7. The van der Waals surface area contributed by atoms with Crippen molar-refractivity contribution in [1.29, 1.82) is 0 Å². The second-order valence-corrected chi connectivity index (χ2v) is 10.2. The zero-order chi connectivity index (χ0) is 28.4. The first-order valence-electron chi connectivity index (χ1n) is 12.1. The highest BCUT2D eigenvalue weighted by Crippen LogP contribution is 2.37. The van der Waals surface area contributed by atoms with Crippen molar-refractivity contribution in [1.82, 2.24) is 5.32 Å². The topological polar surface area (TPSA) is 113 Å². The molecule has 0 fully saturated rings. The van der Waals surface area contributed by atoms with Gasteiger partial charge in [0.25, 0.3) is 10.0 Å². The number of carbonyl (C=O) groups is 1. The molecular weight excluding hydrogens is 524 g/mol. The number of sulfonamides is 1. The first-order chi connectivity index (χ1) is 18.8. The summed E-state index contributed by atoms with van der Waals surface area (Å²) in [6, 6.07) is 16.6. The Bertz CT molecular complexity index is 1380. The molecule has 0 atom stereocenters. The van der Waals surface area contributed by atoms with Gasteiger partial charge in [0.1, 0.15) is 23.8 Å². The number of hydrogen-bond acceptors (Lipinski definition) is 8. The van der Waals surface area contributed by atoms with Crippen LogP contribution < -0.4 is 33.3 Å². The van der Waals surface area contributed by atoms with E-state index in [2.05, 4.69) is 5.32 Å². The third kappa shape index (κ3) is 7.05. The number of amides is 1. The molecule has 0 spiro atoms. The summed E-state index contributed by atoms with van der Waals surface area (Å²) < 4.78 is 55.5. The van der Waals surface area contributed by atoms with Crippen LogP contribution in [-0.2, 0) is 21.2 Å². The fourth-order valence-electron chi connectivity index (χ4n) is 4.00. The van der Waals surface area contributed by atoms with Gasteiger partial charge in [0.05, 0.1) is 46.1 Å². The van der Waals surface area contributed by atoms with Crippen molar-refractivity contribution in [3.05, 3.63) is 66.2 Å². The molecule has 10 nitrogen and oxygen atoms in total. The smallest absolute Gasteiger partial charge is 0.265 e. The third-order valence-corrected chi connectivity index (χ3v) is 7.78. The summed E-state index contributed by atoms with van der Waals surface area (Å²) in [5, 5.41) is 2.82. The number of anilines is 1. The molecular formula is C28H34N2O8S. The minimum Gasteiger partial charge on any atom is -0.497 e. The Morgan fingerprint density at radius 1 is 0.769 bits per heavy atom. The third-order valence-electron chi connectivity index (χ3n) is 6.02. The Hall–Kier alpha value is -4.12. The Balaban J connectivity index is 1.88. The molecule has 3 rings (SSSR count). The minimum atomic E-state index is -4.26. The van der Waals surface area contributed by atoms with E-state index >= 15 is 0 Å². The van der Waals surface area contributed by atoms with Crippen LogP contribution >= 0.6 is 0 Å². The highest BCUT2D eigenvalue weighted by molar-refractivity contribution is 7.92. The van der Waals surface area contributed by atoms with E-state index in [1.54, 1.807) is 19.2 Å². The Morgan fingerprint density at radius 2 is 1.44 bits per heavy atom. The molecule has 0 aliphatic heterocycles. The van der Waals surface area contributed by atoms with E-state index in [0.29, 0.717) is 30.9 Å². The number of nitrogens with one attached hydrogen (secondary N) is 1. The summed E-state index contributed by atoms with van der Waals surface area (Å²) in [6.45, 7) is -0.148. The number of aryl methyl sites for hydroxylation is 1. The predicted molar refractivity (Wildman–Crippen MR) is 148 cm³/mol. The lowest BCUT2D eigenvalue weighted by Gasteiger charge is -2.26. The standard InChI is InChI=1S/C28H34N2O8S/c1-34-21-12-14-25(36-3)23(17-21)30(39(32,33)22-13-15-26(37-4)27(18-22)38-5)19-28(31)29-16-8-10-20-9-6-7-11-24(20)35-2/h6-7,9,11-15,17-18H,8,10,16,19H2,1-5H3,(H,29,31). The maximum absolute atomic E-state index is 13.9. The quantitative estimate of drug-likeness (QED) is 0.298. The molecule has 210 valence electrons. The molecule has 3 aromatic carbocycles. The molecule has 1 N–H and O–H groups in total. The number of hydrogen-bond donors (Lipinski definition) is 1. The molecule has 0 heterocycles. The number of ether oxygens (including phenoxy) is 5. The highest BCUT2D eigenvalue weighted by Gasteiger charge is 2.31. The van der Waals surface area contributed by atoms with Crippen LogP contribution in [0.15, 0.2) is 65.6 Å². The van der Waals surface area contributed by atoms with E-state index in [1.165, 1.54) is 52.7 Å². The van der Waals surface area contributed by atoms with E-state index in [-0.39, 0.29) is 22.1 Å². The maximum Gasteiger partial charge on any atom is 0.265 e. The summed E-state index contributed by atoms with van der Waals surface area (Å²) in [7, 11) is 3.10. The SMILES string of the molecule is COc1ccc(OC)c(N(CC(=O)NCCCc2ccccc2OC)S(=O)(=O)c2ccc(OC)c(OC)c2)c1. The second kappa shape index (κ2) is 13.6. The van der Waals surface area contributed by atoms with Crippen LogP contribution in [-0.4, -0.2) is 63.0 Å². The van der Waals surface area contributed by atoms with Gasteiger partial charge in [0.15, 0.2) is 11.5 Å². The molecule has 0 saturated heterocycles. The Morgan fingerprint density at radius 3 is 2.10 bits per heavy atom. The molecule has 0 aromatic heterocycles. The zero-order valence-corrected chi connectivity index (χ0v) is 23.5. The number of para-hydroxylation sites is 1. The number of methoxy groups -OCH3 is 5. The lowest BCUT2D eigenvalue weighted by molar-refractivity contribution is -0.119. The van der Waals surface area contributed by atoms with Crippen molar-refractivity contribution in [3.8, 4) is 28.7 Å². The molecule has 0 unspecified atom stereocenters. The molecule has 0 bridgehead atoms. The molecule has 3 aromatic rings. The van der Waals surface area contributed by atoms with Gasteiger partial charge >= 0.3 is 0 Å². The number of rotatable bonds is 14. The first-order valence-corrected chi connectivity index (χ1v) is 13.6. The van der Waals surface area contributed by atoms with Gasteiger partial charge in [0.2, 0.25) is 5.91 Å². The lowest BCUT2D eigenvalue weighted by Crippen LogP contribution is -2.41. The molecule has 0 aliphatic rings. The van der Waals surface area contributed by atoms with Gasteiger partial charge in [-0.2, -0.15) is 0 Å². The largest absolute Gasteiger partial charge is 0.497 e. The van der Waals surface area contributed by atoms with Crippen molar-refractivity contribution in [2.45, 2.75) is 17.7 Å². The van der Waals surface area contributed by atoms with Crippen LogP contribution in [0.3, 0.4) is 0 Å². The molecule has 11 heteroatoms. The fraction of sp³-hybridized carbons (Fsp3) is 0.321. The van der Waals surface area contributed by atoms with Crippen molar-refractivity contribution >= 4 is 21.6 Å². The van der Waals surface area contributed by atoms with Crippen molar-refractivity contribution < 1.29 is 36.9 Å². The monoisotopic (exact) mass is 558 g/mol. The van der Waals surface area contributed by atoms with Crippen LogP contribution in [0.1, 0.15) is 12.0 Å². The second-order valence-electron chi connectivity index (χ2n) is 8.33.